The molecule has 8 nitrogen and oxygen atoms in total. The maximum atomic E-state index is 11.1. The van der Waals surface area contributed by atoms with Gasteiger partial charge in [-0.15, -0.1) is 10.2 Å². The van der Waals surface area contributed by atoms with Crippen LogP contribution in [0, 0.1) is 0 Å². The Morgan fingerprint density at radius 3 is 2.62 bits per heavy atom. The predicted octanol–water partition coefficient (Wildman–Crippen LogP) is 2.77. The van der Waals surface area contributed by atoms with Crippen molar-refractivity contribution in [1.82, 2.24) is 19.7 Å². The topological polar surface area (TPSA) is 81.9 Å². The molecule has 1 atom stereocenters. The van der Waals surface area contributed by atoms with Gasteiger partial charge in [-0.1, -0.05) is 24.3 Å². The smallest absolute Gasteiger partial charge is 0.161 e. The molecule has 170 valence electrons. The van der Waals surface area contributed by atoms with Gasteiger partial charge >= 0.3 is 0 Å². The third-order valence-corrected chi connectivity index (χ3v) is 5.59. The van der Waals surface area contributed by atoms with E-state index in [-0.39, 0.29) is 6.61 Å². The zero-order valence-electron chi connectivity index (χ0n) is 18.4. The number of β-amino-alcohol motifs (C(OH)–C–C–N with tert-alkyl or cyclic N) is 1. The van der Waals surface area contributed by atoms with E-state index < -0.39 is 5.60 Å². The molecular formula is C24H30N4O4. The summed E-state index contributed by atoms with van der Waals surface area (Å²) in [5, 5.41) is 18.7. The fraction of sp³-hybridized carbons (Fsp3) is 0.417. The zero-order valence-corrected chi connectivity index (χ0v) is 18.4. The molecule has 1 fully saturated rings. The molecule has 1 saturated heterocycles. The van der Waals surface area contributed by atoms with E-state index in [9.17, 15) is 5.11 Å². The number of rotatable bonds is 10. The van der Waals surface area contributed by atoms with Gasteiger partial charge in [0.1, 0.15) is 37.2 Å². The number of methoxy groups -OCH3 is 1. The molecule has 0 amide bonds. The number of nitrogens with zero attached hydrogens (tertiary/aromatic N) is 4. The number of aromatic nitrogens is 3. The number of aliphatic hydroxyl groups is 1. The van der Waals surface area contributed by atoms with Crippen LogP contribution in [0.1, 0.15) is 18.4 Å². The van der Waals surface area contributed by atoms with Crippen molar-refractivity contribution in [2.75, 3.05) is 33.4 Å². The van der Waals surface area contributed by atoms with E-state index in [0.717, 1.165) is 37.2 Å². The van der Waals surface area contributed by atoms with Crippen LogP contribution in [0.4, 0.5) is 0 Å². The summed E-state index contributed by atoms with van der Waals surface area (Å²) in [4.78, 5) is 2.26. The van der Waals surface area contributed by atoms with E-state index in [2.05, 4.69) is 15.1 Å². The molecule has 1 aliphatic heterocycles. The van der Waals surface area contributed by atoms with Crippen LogP contribution in [0.2, 0.25) is 0 Å². The average molecular weight is 439 g/mol. The van der Waals surface area contributed by atoms with E-state index in [0.29, 0.717) is 31.2 Å². The molecule has 3 aromatic rings. The molecule has 0 radical (unpaired) electrons. The fourth-order valence-corrected chi connectivity index (χ4v) is 3.98. The summed E-state index contributed by atoms with van der Waals surface area (Å²) < 4.78 is 19.1. The zero-order chi connectivity index (χ0) is 22.2. The second-order valence-corrected chi connectivity index (χ2v) is 8.17. The van der Waals surface area contributed by atoms with Crippen molar-refractivity contribution in [3.8, 4) is 17.2 Å². The molecule has 0 spiro atoms. The maximum Gasteiger partial charge on any atom is 0.161 e. The van der Waals surface area contributed by atoms with E-state index in [1.807, 2.05) is 53.1 Å². The number of benzene rings is 2. The Kier molecular flexibility index (Phi) is 7.24. The molecule has 0 bridgehead atoms. The molecule has 0 saturated carbocycles. The van der Waals surface area contributed by atoms with E-state index in [1.165, 1.54) is 0 Å². The van der Waals surface area contributed by atoms with Crippen LogP contribution in [0.5, 0.6) is 17.2 Å². The number of para-hydroxylation sites is 1. The normalized spacial score (nSPS) is 18.9. The largest absolute Gasteiger partial charge is 0.493 e. The second kappa shape index (κ2) is 10.5. The maximum absolute atomic E-state index is 11.1. The van der Waals surface area contributed by atoms with Crippen molar-refractivity contribution < 1.29 is 19.3 Å². The number of ether oxygens (including phenoxy) is 3. The highest BCUT2D eigenvalue weighted by Gasteiger charge is 2.34. The number of piperidine rings is 1. The third-order valence-electron chi connectivity index (χ3n) is 5.59. The highest BCUT2D eigenvalue weighted by molar-refractivity contribution is 5.43. The highest BCUT2D eigenvalue weighted by Crippen LogP contribution is 2.30. The van der Waals surface area contributed by atoms with Gasteiger partial charge in [-0.2, -0.15) is 0 Å². The van der Waals surface area contributed by atoms with Gasteiger partial charge in [0, 0.05) is 13.1 Å². The summed E-state index contributed by atoms with van der Waals surface area (Å²) in [6, 6.07) is 15.6. The van der Waals surface area contributed by atoms with Crippen LogP contribution in [0.15, 0.2) is 61.2 Å². The van der Waals surface area contributed by atoms with E-state index in [1.54, 1.807) is 19.8 Å². The van der Waals surface area contributed by atoms with Gasteiger partial charge in [-0.3, -0.25) is 4.90 Å². The Labute approximate surface area is 188 Å². The number of hydrogen-bond donors (Lipinski definition) is 1. The molecule has 0 aliphatic carbocycles. The van der Waals surface area contributed by atoms with E-state index >= 15 is 0 Å². The molecule has 1 N–H and O–H groups in total. The van der Waals surface area contributed by atoms with Crippen molar-refractivity contribution in [1.29, 1.82) is 0 Å². The van der Waals surface area contributed by atoms with Crippen molar-refractivity contribution in [3.63, 3.8) is 0 Å². The van der Waals surface area contributed by atoms with Crippen LogP contribution >= 0.6 is 0 Å². The molecular weight excluding hydrogens is 408 g/mol. The van der Waals surface area contributed by atoms with Crippen LogP contribution in [-0.4, -0.2) is 63.8 Å². The molecule has 8 heteroatoms. The molecule has 32 heavy (non-hydrogen) atoms. The summed E-state index contributed by atoms with van der Waals surface area (Å²) in [7, 11) is 1.65. The van der Waals surface area contributed by atoms with Crippen molar-refractivity contribution in [3.05, 3.63) is 66.7 Å². The molecule has 4 rings (SSSR count). The monoisotopic (exact) mass is 438 g/mol. The number of hydrogen-bond acceptors (Lipinski definition) is 7. The van der Waals surface area contributed by atoms with Gasteiger partial charge in [0.05, 0.1) is 13.7 Å². The quantitative estimate of drug-likeness (QED) is 0.521. The van der Waals surface area contributed by atoms with Crippen molar-refractivity contribution in [2.45, 2.75) is 31.5 Å². The van der Waals surface area contributed by atoms with Gasteiger partial charge in [-0.25, -0.2) is 0 Å². The predicted molar refractivity (Wildman–Crippen MR) is 120 cm³/mol. The Bertz CT molecular complexity index is 967. The first-order valence-electron chi connectivity index (χ1n) is 10.9. The Morgan fingerprint density at radius 1 is 1.03 bits per heavy atom. The third kappa shape index (κ3) is 5.99. The van der Waals surface area contributed by atoms with Gasteiger partial charge in [0.15, 0.2) is 11.5 Å². The lowest BCUT2D eigenvalue weighted by atomic mass is 9.93. The summed E-state index contributed by atoms with van der Waals surface area (Å²) >= 11 is 0. The van der Waals surface area contributed by atoms with Crippen LogP contribution < -0.4 is 14.2 Å². The Morgan fingerprint density at radius 2 is 1.84 bits per heavy atom. The Hall–Kier alpha value is -3.10. The first kappa shape index (κ1) is 22.1. The molecule has 1 unspecified atom stereocenters. The summed E-state index contributed by atoms with van der Waals surface area (Å²) in [5.41, 5.74) is 0.255. The highest BCUT2D eigenvalue weighted by atomic mass is 16.5. The molecule has 2 aromatic carbocycles. The first-order valence-corrected chi connectivity index (χ1v) is 10.9. The summed E-state index contributed by atoms with van der Waals surface area (Å²) in [6.07, 6.45) is 4.98. The average Bonchev–Trinajstić information content (AvgIpc) is 3.33. The lowest BCUT2D eigenvalue weighted by molar-refractivity contribution is -0.0621. The first-order chi connectivity index (χ1) is 15.6. The SMILES string of the molecule is COc1cc(CN2CCCC(O)(COc3ccccc3)C2)ccc1OCCn1cnnc1. The van der Waals surface area contributed by atoms with Gasteiger partial charge in [-0.05, 0) is 49.2 Å². The minimum absolute atomic E-state index is 0.288. The van der Waals surface area contributed by atoms with E-state index in [4.69, 9.17) is 14.2 Å². The van der Waals surface area contributed by atoms with Gasteiger partial charge < -0.3 is 23.9 Å². The fourth-order valence-electron chi connectivity index (χ4n) is 3.98. The van der Waals surface area contributed by atoms with Crippen LogP contribution in [0.3, 0.4) is 0 Å². The standard InChI is InChI=1S/C24H30N4O4/c1-30-23-14-20(8-9-22(23)31-13-12-28-18-25-26-19-28)15-27-11-5-10-24(29,16-27)17-32-21-6-3-2-4-7-21/h2-4,6-9,14,18-19,29H,5,10-13,15-17H2,1H3. The molecule has 1 aliphatic rings. The summed E-state index contributed by atoms with van der Waals surface area (Å²) in [6.45, 7) is 3.68. The lowest BCUT2D eigenvalue weighted by Gasteiger charge is -2.39. The lowest BCUT2D eigenvalue weighted by Crippen LogP contribution is -2.51. The summed E-state index contributed by atoms with van der Waals surface area (Å²) in [5.74, 6) is 2.18. The minimum Gasteiger partial charge on any atom is -0.493 e. The van der Waals surface area contributed by atoms with Crippen molar-refractivity contribution >= 4 is 0 Å². The van der Waals surface area contributed by atoms with Gasteiger partial charge in [0.25, 0.3) is 0 Å². The van der Waals surface area contributed by atoms with Crippen LogP contribution in [0.25, 0.3) is 0 Å². The van der Waals surface area contributed by atoms with Gasteiger partial charge in [0.2, 0.25) is 0 Å². The second-order valence-electron chi connectivity index (χ2n) is 8.17. The van der Waals surface area contributed by atoms with Crippen LogP contribution in [-0.2, 0) is 13.1 Å². The van der Waals surface area contributed by atoms with Crippen molar-refractivity contribution in [2.24, 2.45) is 0 Å². The molecule has 2 heterocycles. The number of likely N-dealkylation sites (tertiary alicyclic amines) is 1. The Balaban J connectivity index is 1.32. The minimum atomic E-state index is -0.858. The molecule has 1 aromatic heterocycles.